The van der Waals surface area contributed by atoms with Crippen LogP contribution in [0.15, 0.2) is 53.5 Å². The van der Waals surface area contributed by atoms with Crippen molar-refractivity contribution < 1.29 is 4.39 Å². The van der Waals surface area contributed by atoms with E-state index < -0.39 is 0 Å². The molecule has 1 aliphatic carbocycles. The normalized spacial score (nSPS) is 16.4. The second kappa shape index (κ2) is 4.44. The Hall–Kier alpha value is -2.16. The van der Waals surface area contributed by atoms with Crippen LogP contribution in [-0.2, 0) is 6.42 Å². The van der Waals surface area contributed by atoms with Crippen LogP contribution in [-0.4, -0.2) is 4.57 Å². The van der Waals surface area contributed by atoms with Gasteiger partial charge < -0.3 is 0 Å². The number of allylic oxidation sites excluding steroid dienone is 1. The van der Waals surface area contributed by atoms with Crippen molar-refractivity contribution in [2.75, 3.05) is 0 Å². The first kappa shape index (κ1) is 12.9. The van der Waals surface area contributed by atoms with E-state index in [1.807, 2.05) is 12.1 Å². The first-order chi connectivity index (χ1) is 9.46. The summed E-state index contributed by atoms with van der Waals surface area (Å²) in [6.07, 6.45) is 4.62. The third kappa shape index (κ3) is 2.20. The van der Waals surface area contributed by atoms with Gasteiger partial charge in [0.2, 0.25) is 0 Å². The first-order valence-corrected chi connectivity index (χ1v) is 6.66. The molecule has 1 aliphatic rings. The van der Waals surface area contributed by atoms with Crippen LogP contribution >= 0.6 is 0 Å². The van der Waals surface area contributed by atoms with Gasteiger partial charge in [0.15, 0.2) is 0 Å². The van der Waals surface area contributed by atoms with Gasteiger partial charge in [-0.05, 0) is 35.6 Å². The fourth-order valence-corrected chi connectivity index (χ4v) is 2.76. The molecule has 102 valence electrons. The largest absolute Gasteiger partial charge is 0.284 e. The molecule has 1 heterocycles. The summed E-state index contributed by atoms with van der Waals surface area (Å²) in [5.74, 6) is -0.279. The molecule has 1 aromatic carbocycles. The van der Waals surface area contributed by atoms with Gasteiger partial charge in [0.05, 0.1) is 5.70 Å². The molecule has 0 saturated heterocycles. The highest BCUT2D eigenvalue weighted by Gasteiger charge is 2.26. The number of aromatic nitrogens is 1. The molecule has 0 amide bonds. The predicted molar refractivity (Wildman–Crippen MR) is 78.0 cm³/mol. The molecular formula is C17H16FNO. The summed E-state index contributed by atoms with van der Waals surface area (Å²) < 4.78 is 15.1. The highest BCUT2D eigenvalue weighted by Crippen LogP contribution is 2.36. The van der Waals surface area contributed by atoms with Crippen LogP contribution in [0.1, 0.15) is 25.0 Å². The number of hydrogen-bond acceptors (Lipinski definition) is 1. The molecule has 0 N–H and O–H groups in total. The molecule has 0 bridgehead atoms. The van der Waals surface area contributed by atoms with Gasteiger partial charge >= 0.3 is 0 Å². The minimum atomic E-state index is -0.279. The van der Waals surface area contributed by atoms with Crippen molar-refractivity contribution in [2.24, 2.45) is 5.41 Å². The molecule has 2 aromatic rings. The smallest absolute Gasteiger partial charge is 0.255 e. The lowest BCUT2D eigenvalue weighted by Crippen LogP contribution is -2.25. The molecule has 0 saturated carbocycles. The lowest BCUT2D eigenvalue weighted by atomic mass is 9.78. The number of nitrogens with zero attached hydrogens (tertiary/aromatic N) is 1. The van der Waals surface area contributed by atoms with E-state index in [0.717, 1.165) is 23.2 Å². The maximum absolute atomic E-state index is 13.6. The van der Waals surface area contributed by atoms with E-state index >= 15 is 0 Å². The average Bonchev–Trinajstić information content (AvgIpc) is 2.38. The minimum absolute atomic E-state index is 0.0601. The second-order valence-electron chi connectivity index (χ2n) is 5.91. The lowest BCUT2D eigenvalue weighted by molar-refractivity contribution is 0.469. The summed E-state index contributed by atoms with van der Waals surface area (Å²) in [7, 11) is 0. The topological polar surface area (TPSA) is 22.0 Å². The van der Waals surface area contributed by atoms with Crippen LogP contribution in [0, 0.1) is 11.2 Å². The van der Waals surface area contributed by atoms with Crippen molar-refractivity contribution in [1.29, 1.82) is 0 Å². The zero-order chi connectivity index (χ0) is 14.3. The molecule has 3 rings (SSSR count). The van der Waals surface area contributed by atoms with Gasteiger partial charge in [-0.1, -0.05) is 32.1 Å². The number of benzene rings is 1. The maximum atomic E-state index is 13.6. The SMILES string of the molecule is CC1(C)C=C(n2ccccc2=O)c2cc(F)ccc2C1. The Balaban J connectivity index is 2.28. The highest BCUT2D eigenvalue weighted by atomic mass is 19.1. The van der Waals surface area contributed by atoms with Crippen molar-refractivity contribution in [3.05, 3.63) is 76.0 Å². The van der Waals surface area contributed by atoms with Gasteiger partial charge in [0, 0.05) is 17.8 Å². The number of fused-ring (bicyclic) bond motifs is 1. The molecule has 0 radical (unpaired) electrons. The van der Waals surface area contributed by atoms with Crippen molar-refractivity contribution in [3.63, 3.8) is 0 Å². The van der Waals surface area contributed by atoms with Crippen LogP contribution < -0.4 is 5.56 Å². The lowest BCUT2D eigenvalue weighted by Gasteiger charge is -2.30. The van der Waals surface area contributed by atoms with Gasteiger partial charge in [0.1, 0.15) is 5.82 Å². The van der Waals surface area contributed by atoms with Crippen LogP contribution in [0.2, 0.25) is 0 Å². The van der Waals surface area contributed by atoms with E-state index in [-0.39, 0.29) is 16.8 Å². The Bertz CT molecular complexity index is 756. The zero-order valence-electron chi connectivity index (χ0n) is 11.6. The van der Waals surface area contributed by atoms with Crippen molar-refractivity contribution in [3.8, 4) is 0 Å². The van der Waals surface area contributed by atoms with E-state index in [2.05, 4.69) is 19.9 Å². The number of rotatable bonds is 1. The molecular weight excluding hydrogens is 253 g/mol. The summed E-state index contributed by atoms with van der Waals surface area (Å²) in [4.78, 5) is 12.1. The van der Waals surface area contributed by atoms with E-state index in [9.17, 15) is 9.18 Å². The summed E-state index contributed by atoms with van der Waals surface area (Å²) >= 11 is 0. The van der Waals surface area contributed by atoms with Crippen molar-refractivity contribution >= 4 is 5.70 Å². The van der Waals surface area contributed by atoms with Crippen molar-refractivity contribution in [2.45, 2.75) is 20.3 Å². The Morgan fingerprint density at radius 2 is 2.00 bits per heavy atom. The maximum Gasteiger partial charge on any atom is 0.255 e. The minimum Gasteiger partial charge on any atom is -0.284 e. The van der Waals surface area contributed by atoms with Crippen LogP contribution in [0.4, 0.5) is 4.39 Å². The van der Waals surface area contributed by atoms with Crippen LogP contribution in [0.25, 0.3) is 5.70 Å². The Labute approximate surface area is 117 Å². The van der Waals surface area contributed by atoms with E-state index in [4.69, 9.17) is 0 Å². The molecule has 0 fully saturated rings. The summed E-state index contributed by atoms with van der Waals surface area (Å²) in [6.45, 7) is 4.24. The summed E-state index contributed by atoms with van der Waals surface area (Å²) in [5, 5.41) is 0. The van der Waals surface area contributed by atoms with Gasteiger partial charge in [-0.15, -0.1) is 0 Å². The Morgan fingerprint density at radius 1 is 1.20 bits per heavy atom. The fourth-order valence-electron chi connectivity index (χ4n) is 2.76. The van der Waals surface area contributed by atoms with E-state index in [1.54, 1.807) is 16.8 Å². The molecule has 1 aromatic heterocycles. The molecule has 2 nitrogen and oxygen atoms in total. The molecule has 0 atom stereocenters. The first-order valence-electron chi connectivity index (χ1n) is 6.66. The van der Waals surface area contributed by atoms with E-state index in [1.165, 1.54) is 18.2 Å². The van der Waals surface area contributed by atoms with Gasteiger partial charge in [-0.25, -0.2) is 4.39 Å². The van der Waals surface area contributed by atoms with Crippen molar-refractivity contribution in [1.82, 2.24) is 4.57 Å². The zero-order valence-corrected chi connectivity index (χ0v) is 11.6. The highest BCUT2D eigenvalue weighted by molar-refractivity contribution is 5.71. The summed E-state index contributed by atoms with van der Waals surface area (Å²) in [5.41, 5.74) is 2.48. The van der Waals surface area contributed by atoms with Gasteiger partial charge in [0.25, 0.3) is 5.56 Å². The number of hydrogen-bond donors (Lipinski definition) is 0. The monoisotopic (exact) mass is 269 g/mol. The second-order valence-corrected chi connectivity index (χ2v) is 5.91. The Morgan fingerprint density at radius 3 is 2.75 bits per heavy atom. The third-order valence-electron chi connectivity index (χ3n) is 3.60. The Kier molecular flexibility index (Phi) is 2.85. The standard InChI is InChI=1S/C17H16FNO/c1-17(2)10-12-6-7-13(18)9-14(12)15(11-17)19-8-4-3-5-16(19)20/h3-9,11H,10H2,1-2H3. The predicted octanol–water partition coefficient (Wildman–Crippen LogP) is 3.46. The van der Waals surface area contributed by atoms with Gasteiger partial charge in [-0.3, -0.25) is 9.36 Å². The molecule has 0 spiro atoms. The van der Waals surface area contributed by atoms with Crippen LogP contribution in [0.3, 0.4) is 0 Å². The quantitative estimate of drug-likeness (QED) is 0.777. The number of halogens is 1. The molecule has 3 heteroatoms. The average molecular weight is 269 g/mol. The number of pyridine rings is 1. The third-order valence-corrected chi connectivity index (χ3v) is 3.60. The molecule has 0 unspecified atom stereocenters. The molecule has 20 heavy (non-hydrogen) atoms. The van der Waals surface area contributed by atoms with E-state index in [0.29, 0.717) is 0 Å². The van der Waals surface area contributed by atoms with Gasteiger partial charge in [-0.2, -0.15) is 0 Å². The molecule has 0 aliphatic heterocycles. The van der Waals surface area contributed by atoms with Crippen LogP contribution in [0.5, 0.6) is 0 Å². The summed E-state index contributed by atoms with van der Waals surface area (Å²) in [6, 6.07) is 9.83. The fraction of sp³-hybridized carbons (Fsp3) is 0.235.